The average Bonchev–Trinajstić information content (AvgIpc) is 2.78. The molecule has 0 spiro atoms. The lowest BCUT2D eigenvalue weighted by molar-refractivity contribution is 0.222. The van der Waals surface area contributed by atoms with Crippen LogP contribution < -0.4 is 5.73 Å². The van der Waals surface area contributed by atoms with E-state index in [0.29, 0.717) is 17.9 Å². The van der Waals surface area contributed by atoms with E-state index in [4.69, 9.17) is 5.73 Å². The Morgan fingerprint density at radius 3 is 2.89 bits per heavy atom. The lowest BCUT2D eigenvalue weighted by atomic mass is 9.76. The standard InChI is InChI=1S/C15H28N4/c1-4-12-5-6-14(16)13(7-12)8-15-17-10-18-19(15)9-11(2)3/h10-14H,4-9,16H2,1-3H3. The van der Waals surface area contributed by atoms with E-state index in [9.17, 15) is 0 Å². The fourth-order valence-corrected chi connectivity index (χ4v) is 3.17. The highest BCUT2D eigenvalue weighted by Crippen LogP contribution is 2.32. The molecule has 4 heteroatoms. The second-order valence-corrected chi connectivity index (χ2v) is 6.47. The molecule has 3 unspecified atom stereocenters. The SMILES string of the molecule is CCC1CCC(N)C(Cc2ncnn2CC(C)C)C1. The van der Waals surface area contributed by atoms with Crippen LogP contribution in [0.2, 0.25) is 0 Å². The molecule has 0 aromatic carbocycles. The van der Waals surface area contributed by atoms with Crippen molar-refractivity contribution >= 4 is 0 Å². The Hall–Kier alpha value is -0.900. The van der Waals surface area contributed by atoms with Gasteiger partial charge in [-0.15, -0.1) is 0 Å². The number of nitrogens with two attached hydrogens (primary N) is 1. The quantitative estimate of drug-likeness (QED) is 0.889. The first kappa shape index (κ1) is 14.5. The molecule has 0 radical (unpaired) electrons. The molecule has 19 heavy (non-hydrogen) atoms. The molecular formula is C15H28N4. The van der Waals surface area contributed by atoms with Gasteiger partial charge in [0.15, 0.2) is 0 Å². The molecule has 4 nitrogen and oxygen atoms in total. The van der Waals surface area contributed by atoms with E-state index in [1.54, 1.807) is 6.33 Å². The maximum absolute atomic E-state index is 6.31. The zero-order valence-electron chi connectivity index (χ0n) is 12.5. The Kier molecular flexibility index (Phi) is 4.97. The van der Waals surface area contributed by atoms with Gasteiger partial charge in [-0.1, -0.05) is 27.2 Å². The Balaban J connectivity index is 2.01. The van der Waals surface area contributed by atoms with E-state index in [-0.39, 0.29) is 0 Å². The molecule has 1 aromatic rings. The van der Waals surface area contributed by atoms with Crippen LogP contribution in [-0.2, 0) is 13.0 Å². The first-order valence-corrected chi connectivity index (χ1v) is 7.72. The van der Waals surface area contributed by atoms with E-state index in [1.807, 2.05) is 0 Å². The summed E-state index contributed by atoms with van der Waals surface area (Å²) in [6.45, 7) is 7.67. The van der Waals surface area contributed by atoms with Gasteiger partial charge < -0.3 is 5.73 Å². The van der Waals surface area contributed by atoms with E-state index in [2.05, 4.69) is 35.5 Å². The summed E-state index contributed by atoms with van der Waals surface area (Å²) in [4.78, 5) is 4.44. The number of rotatable bonds is 5. The van der Waals surface area contributed by atoms with Crippen molar-refractivity contribution in [2.45, 2.75) is 65.5 Å². The van der Waals surface area contributed by atoms with Crippen LogP contribution in [0.4, 0.5) is 0 Å². The summed E-state index contributed by atoms with van der Waals surface area (Å²) in [7, 11) is 0. The molecule has 0 aliphatic heterocycles. The predicted molar refractivity (Wildman–Crippen MR) is 77.7 cm³/mol. The normalized spacial score (nSPS) is 27.9. The molecule has 1 heterocycles. The molecule has 1 aliphatic carbocycles. The summed E-state index contributed by atoms with van der Waals surface area (Å²) < 4.78 is 2.06. The summed E-state index contributed by atoms with van der Waals surface area (Å²) in [6.07, 6.45) is 7.68. The molecule has 0 bridgehead atoms. The van der Waals surface area contributed by atoms with Crippen LogP contribution in [0.25, 0.3) is 0 Å². The van der Waals surface area contributed by atoms with E-state index in [1.165, 1.54) is 25.7 Å². The molecule has 0 amide bonds. The highest BCUT2D eigenvalue weighted by molar-refractivity contribution is 4.93. The second-order valence-electron chi connectivity index (χ2n) is 6.47. The summed E-state index contributed by atoms with van der Waals surface area (Å²) in [5.74, 6) is 3.15. The van der Waals surface area contributed by atoms with Crippen molar-refractivity contribution in [3.63, 3.8) is 0 Å². The molecule has 1 aromatic heterocycles. The second kappa shape index (κ2) is 6.51. The van der Waals surface area contributed by atoms with Crippen LogP contribution in [-0.4, -0.2) is 20.8 Å². The molecular weight excluding hydrogens is 236 g/mol. The fourth-order valence-electron chi connectivity index (χ4n) is 3.17. The van der Waals surface area contributed by atoms with Gasteiger partial charge in [-0.2, -0.15) is 5.10 Å². The summed E-state index contributed by atoms with van der Waals surface area (Å²) in [6, 6.07) is 0.340. The molecule has 2 rings (SSSR count). The maximum Gasteiger partial charge on any atom is 0.138 e. The van der Waals surface area contributed by atoms with Crippen molar-refractivity contribution in [1.29, 1.82) is 0 Å². The molecule has 0 saturated heterocycles. The molecule has 1 fully saturated rings. The van der Waals surface area contributed by atoms with Crippen LogP contribution in [0.3, 0.4) is 0 Å². The lowest BCUT2D eigenvalue weighted by Crippen LogP contribution is -2.37. The van der Waals surface area contributed by atoms with E-state index in [0.717, 1.165) is 24.7 Å². The van der Waals surface area contributed by atoms with Crippen LogP contribution in [0.5, 0.6) is 0 Å². The van der Waals surface area contributed by atoms with Crippen molar-refractivity contribution < 1.29 is 0 Å². The third-order valence-corrected chi connectivity index (χ3v) is 4.41. The molecule has 2 N–H and O–H groups in total. The minimum atomic E-state index is 0.340. The van der Waals surface area contributed by atoms with Gasteiger partial charge in [-0.25, -0.2) is 9.67 Å². The summed E-state index contributed by atoms with van der Waals surface area (Å²) in [5.41, 5.74) is 6.31. The third-order valence-electron chi connectivity index (χ3n) is 4.41. The van der Waals surface area contributed by atoms with E-state index >= 15 is 0 Å². The molecule has 108 valence electrons. The van der Waals surface area contributed by atoms with Gasteiger partial charge in [0.1, 0.15) is 12.2 Å². The summed E-state index contributed by atoms with van der Waals surface area (Å²) >= 11 is 0. The van der Waals surface area contributed by atoms with E-state index < -0.39 is 0 Å². The van der Waals surface area contributed by atoms with Crippen molar-refractivity contribution in [3.8, 4) is 0 Å². The smallest absolute Gasteiger partial charge is 0.138 e. The van der Waals surface area contributed by atoms with Crippen LogP contribution >= 0.6 is 0 Å². The Morgan fingerprint density at radius 2 is 2.21 bits per heavy atom. The monoisotopic (exact) mass is 264 g/mol. The topological polar surface area (TPSA) is 56.7 Å². The zero-order chi connectivity index (χ0) is 13.8. The van der Waals surface area contributed by atoms with Crippen LogP contribution in [0.1, 0.15) is 52.3 Å². The van der Waals surface area contributed by atoms with Gasteiger partial charge in [0.2, 0.25) is 0 Å². The Bertz CT molecular complexity index is 385. The zero-order valence-corrected chi connectivity index (χ0v) is 12.5. The molecule has 1 saturated carbocycles. The number of hydrogen-bond donors (Lipinski definition) is 1. The number of aromatic nitrogens is 3. The largest absolute Gasteiger partial charge is 0.327 e. The Labute approximate surface area is 116 Å². The minimum absolute atomic E-state index is 0.340. The molecule has 3 atom stereocenters. The van der Waals surface area contributed by atoms with Crippen molar-refractivity contribution in [2.24, 2.45) is 23.5 Å². The van der Waals surface area contributed by atoms with Gasteiger partial charge in [0.25, 0.3) is 0 Å². The van der Waals surface area contributed by atoms with Crippen molar-refractivity contribution in [2.75, 3.05) is 0 Å². The lowest BCUT2D eigenvalue weighted by Gasteiger charge is -2.33. The number of hydrogen-bond acceptors (Lipinski definition) is 3. The van der Waals surface area contributed by atoms with Crippen LogP contribution in [0, 0.1) is 17.8 Å². The fraction of sp³-hybridized carbons (Fsp3) is 0.867. The van der Waals surface area contributed by atoms with Gasteiger partial charge in [0.05, 0.1) is 0 Å². The van der Waals surface area contributed by atoms with Gasteiger partial charge in [-0.3, -0.25) is 0 Å². The average molecular weight is 264 g/mol. The van der Waals surface area contributed by atoms with Crippen molar-refractivity contribution in [1.82, 2.24) is 14.8 Å². The summed E-state index contributed by atoms with van der Waals surface area (Å²) in [5, 5.41) is 4.35. The van der Waals surface area contributed by atoms with Gasteiger partial charge in [-0.05, 0) is 37.0 Å². The number of nitrogens with zero attached hydrogens (tertiary/aromatic N) is 3. The highest BCUT2D eigenvalue weighted by Gasteiger charge is 2.28. The first-order valence-electron chi connectivity index (χ1n) is 7.72. The Morgan fingerprint density at radius 1 is 1.42 bits per heavy atom. The third kappa shape index (κ3) is 3.78. The highest BCUT2D eigenvalue weighted by atomic mass is 15.3. The first-order chi connectivity index (χ1) is 9.10. The predicted octanol–water partition coefficient (Wildman–Crippen LogP) is 2.63. The molecule has 1 aliphatic rings. The minimum Gasteiger partial charge on any atom is -0.327 e. The maximum atomic E-state index is 6.31. The van der Waals surface area contributed by atoms with Crippen LogP contribution in [0.15, 0.2) is 6.33 Å². The van der Waals surface area contributed by atoms with Gasteiger partial charge >= 0.3 is 0 Å². The van der Waals surface area contributed by atoms with Gasteiger partial charge in [0, 0.05) is 19.0 Å². The van der Waals surface area contributed by atoms with Crippen molar-refractivity contribution in [3.05, 3.63) is 12.2 Å².